The lowest BCUT2D eigenvalue weighted by Gasteiger charge is -2.30. The highest BCUT2D eigenvalue weighted by molar-refractivity contribution is 7.99. The van der Waals surface area contributed by atoms with Crippen molar-refractivity contribution in [2.24, 2.45) is 0 Å². The van der Waals surface area contributed by atoms with Gasteiger partial charge < -0.3 is 10.6 Å². The number of rotatable bonds is 1. The summed E-state index contributed by atoms with van der Waals surface area (Å²) in [5, 5.41) is 1.08. The molecule has 1 heterocycles. The summed E-state index contributed by atoms with van der Waals surface area (Å²) in [6.07, 6.45) is 0. The predicted octanol–water partition coefficient (Wildman–Crippen LogP) is 3.15. The first kappa shape index (κ1) is 13.8. The zero-order valence-corrected chi connectivity index (χ0v) is 12.3. The van der Waals surface area contributed by atoms with Crippen molar-refractivity contribution in [3.63, 3.8) is 0 Å². The lowest BCUT2D eigenvalue weighted by Crippen LogP contribution is -2.41. The van der Waals surface area contributed by atoms with E-state index in [1.165, 1.54) is 0 Å². The van der Waals surface area contributed by atoms with Gasteiger partial charge in [-0.2, -0.15) is 11.8 Å². The summed E-state index contributed by atoms with van der Waals surface area (Å²) in [4.78, 5) is 14.2. The number of nitrogens with two attached hydrogens (primary N) is 1. The number of hydrogen-bond acceptors (Lipinski definition) is 3. The van der Waals surface area contributed by atoms with Gasteiger partial charge in [0.05, 0.1) is 15.7 Å². The first-order valence-corrected chi connectivity index (χ1v) is 7.45. The van der Waals surface area contributed by atoms with E-state index in [0.717, 1.165) is 18.8 Å². The van der Waals surface area contributed by atoms with Crippen molar-refractivity contribution >= 4 is 46.6 Å². The number of thioether (sulfide) groups is 1. The largest absolute Gasteiger partial charge is 0.397 e. The van der Waals surface area contributed by atoms with Gasteiger partial charge in [0, 0.05) is 29.7 Å². The van der Waals surface area contributed by atoms with Crippen molar-refractivity contribution in [1.29, 1.82) is 0 Å². The van der Waals surface area contributed by atoms with Crippen LogP contribution in [0.2, 0.25) is 10.0 Å². The van der Waals surface area contributed by atoms with E-state index in [1.807, 2.05) is 16.7 Å². The van der Waals surface area contributed by atoms with Crippen molar-refractivity contribution in [1.82, 2.24) is 4.90 Å². The van der Waals surface area contributed by atoms with Crippen LogP contribution in [0.3, 0.4) is 0 Å². The third-order valence-corrected chi connectivity index (χ3v) is 4.78. The van der Waals surface area contributed by atoms with Gasteiger partial charge in [-0.25, -0.2) is 0 Å². The Morgan fingerprint density at radius 1 is 1.50 bits per heavy atom. The molecule has 1 aromatic rings. The fraction of sp³-hybridized carbons (Fsp3) is 0.417. The number of anilines is 1. The second kappa shape index (κ2) is 5.59. The van der Waals surface area contributed by atoms with Gasteiger partial charge in [0.2, 0.25) is 0 Å². The monoisotopic (exact) mass is 304 g/mol. The van der Waals surface area contributed by atoms with Crippen molar-refractivity contribution in [3.8, 4) is 0 Å². The Morgan fingerprint density at radius 2 is 2.22 bits per heavy atom. The minimum absolute atomic E-state index is 0.0348. The minimum Gasteiger partial charge on any atom is -0.397 e. The summed E-state index contributed by atoms with van der Waals surface area (Å²) >= 11 is 13.7. The van der Waals surface area contributed by atoms with Gasteiger partial charge in [-0.15, -0.1) is 0 Å². The van der Waals surface area contributed by atoms with Gasteiger partial charge in [0.25, 0.3) is 5.91 Å². The summed E-state index contributed by atoms with van der Waals surface area (Å²) in [6, 6.07) is 3.16. The summed E-state index contributed by atoms with van der Waals surface area (Å²) < 4.78 is 0. The zero-order chi connectivity index (χ0) is 13.3. The maximum atomic E-state index is 12.3. The molecule has 2 rings (SSSR count). The number of benzene rings is 1. The van der Waals surface area contributed by atoms with Crippen LogP contribution in [0.1, 0.15) is 17.3 Å². The molecule has 1 aromatic carbocycles. The Labute approximate surface area is 121 Å². The van der Waals surface area contributed by atoms with Crippen LogP contribution in [-0.2, 0) is 0 Å². The summed E-state index contributed by atoms with van der Waals surface area (Å²) in [5.74, 6) is 0.927. The molecule has 1 aliphatic heterocycles. The highest BCUT2D eigenvalue weighted by Crippen LogP contribution is 2.30. The maximum Gasteiger partial charge on any atom is 0.254 e. The number of nitrogens with zero attached hydrogens (tertiary/aromatic N) is 1. The van der Waals surface area contributed by atoms with Gasteiger partial charge in [-0.05, 0) is 12.1 Å². The van der Waals surface area contributed by atoms with Crippen LogP contribution >= 0.6 is 35.0 Å². The lowest BCUT2D eigenvalue weighted by molar-refractivity contribution is 0.0763. The van der Waals surface area contributed by atoms with Crippen LogP contribution in [0, 0.1) is 0 Å². The summed E-state index contributed by atoms with van der Waals surface area (Å²) in [5.41, 5.74) is 6.57. The Bertz CT molecular complexity index is 458. The fourth-order valence-electron chi connectivity index (χ4n) is 1.92. The van der Waals surface area contributed by atoms with E-state index < -0.39 is 0 Å². The van der Waals surface area contributed by atoms with Crippen LogP contribution in [0.4, 0.5) is 5.69 Å². The molecule has 1 unspecified atom stereocenters. The fourth-order valence-corrected chi connectivity index (χ4v) is 3.27. The van der Waals surface area contributed by atoms with E-state index in [1.54, 1.807) is 12.1 Å². The molecule has 0 aromatic heterocycles. The second-order valence-electron chi connectivity index (χ2n) is 4.29. The van der Waals surface area contributed by atoms with E-state index in [-0.39, 0.29) is 5.91 Å². The molecule has 1 amide bonds. The number of carbonyl (C=O) groups is 1. The minimum atomic E-state index is -0.0348. The molecule has 1 fully saturated rings. The Hall–Kier alpha value is -0.580. The standard InChI is InChI=1S/C12H14Cl2N2OS/c1-7-6-16(2-3-18-7)12(17)8-4-9(13)11(14)10(15)5-8/h4-5,7H,2-3,6,15H2,1H3. The van der Waals surface area contributed by atoms with Crippen molar-refractivity contribution in [2.45, 2.75) is 12.2 Å². The molecule has 1 saturated heterocycles. The molecule has 1 atom stereocenters. The molecule has 18 heavy (non-hydrogen) atoms. The first-order chi connectivity index (χ1) is 8.49. The van der Waals surface area contributed by atoms with E-state index in [9.17, 15) is 4.79 Å². The van der Waals surface area contributed by atoms with Crippen molar-refractivity contribution < 1.29 is 4.79 Å². The molecule has 0 bridgehead atoms. The Kier molecular flexibility index (Phi) is 4.30. The van der Waals surface area contributed by atoms with Gasteiger partial charge in [-0.1, -0.05) is 30.1 Å². The highest BCUT2D eigenvalue weighted by Gasteiger charge is 2.23. The van der Waals surface area contributed by atoms with Crippen molar-refractivity contribution in [3.05, 3.63) is 27.7 Å². The van der Waals surface area contributed by atoms with E-state index in [2.05, 4.69) is 6.92 Å². The first-order valence-electron chi connectivity index (χ1n) is 5.64. The smallest absolute Gasteiger partial charge is 0.254 e. The van der Waals surface area contributed by atoms with Crippen LogP contribution in [-0.4, -0.2) is 34.9 Å². The maximum absolute atomic E-state index is 12.3. The molecule has 6 heteroatoms. The van der Waals surface area contributed by atoms with Crippen LogP contribution in [0.5, 0.6) is 0 Å². The predicted molar refractivity (Wildman–Crippen MR) is 78.7 cm³/mol. The third-order valence-electron chi connectivity index (χ3n) is 2.83. The lowest BCUT2D eigenvalue weighted by atomic mass is 10.1. The average Bonchev–Trinajstić information content (AvgIpc) is 2.34. The molecule has 1 aliphatic rings. The number of halogens is 2. The third kappa shape index (κ3) is 2.87. The zero-order valence-electron chi connectivity index (χ0n) is 9.95. The molecule has 2 N–H and O–H groups in total. The van der Waals surface area contributed by atoms with Gasteiger partial charge in [0.15, 0.2) is 0 Å². The quantitative estimate of drug-likeness (QED) is 0.811. The molecule has 3 nitrogen and oxygen atoms in total. The average molecular weight is 305 g/mol. The molecule has 0 radical (unpaired) electrons. The van der Waals surface area contributed by atoms with Crippen molar-refractivity contribution in [2.75, 3.05) is 24.6 Å². The molecular formula is C12H14Cl2N2OS. The van der Waals surface area contributed by atoms with E-state index >= 15 is 0 Å². The SMILES string of the molecule is CC1CN(C(=O)c2cc(N)c(Cl)c(Cl)c2)CCS1. The summed E-state index contributed by atoms with van der Waals surface area (Å²) in [6.45, 7) is 3.63. The van der Waals surface area contributed by atoms with Crippen LogP contribution in [0.25, 0.3) is 0 Å². The van der Waals surface area contributed by atoms with Gasteiger partial charge in [0.1, 0.15) is 0 Å². The number of carbonyl (C=O) groups excluding carboxylic acids is 1. The molecule has 98 valence electrons. The molecule has 0 spiro atoms. The molecule has 0 saturated carbocycles. The summed E-state index contributed by atoms with van der Waals surface area (Å²) in [7, 11) is 0. The highest BCUT2D eigenvalue weighted by atomic mass is 35.5. The van der Waals surface area contributed by atoms with Crippen LogP contribution in [0.15, 0.2) is 12.1 Å². The van der Waals surface area contributed by atoms with E-state index in [0.29, 0.717) is 26.5 Å². The topological polar surface area (TPSA) is 46.3 Å². The molecule has 0 aliphatic carbocycles. The number of amides is 1. The second-order valence-corrected chi connectivity index (χ2v) is 6.63. The normalized spacial score (nSPS) is 19.9. The number of hydrogen-bond donors (Lipinski definition) is 1. The van der Waals surface area contributed by atoms with E-state index in [4.69, 9.17) is 28.9 Å². The Balaban J connectivity index is 2.23. The number of nitrogen functional groups attached to an aromatic ring is 1. The van der Waals surface area contributed by atoms with Gasteiger partial charge in [-0.3, -0.25) is 4.79 Å². The Morgan fingerprint density at radius 3 is 2.83 bits per heavy atom. The van der Waals surface area contributed by atoms with Crippen LogP contribution < -0.4 is 5.73 Å². The van der Waals surface area contributed by atoms with Gasteiger partial charge >= 0.3 is 0 Å². The molecular weight excluding hydrogens is 291 g/mol.